The second-order valence-electron chi connectivity index (χ2n) is 17.6. The summed E-state index contributed by atoms with van der Waals surface area (Å²) in [4.78, 5) is 44.5. The molecule has 5 aromatic carbocycles. The van der Waals surface area contributed by atoms with Crippen LogP contribution in [0.3, 0.4) is 0 Å². The van der Waals surface area contributed by atoms with Crippen molar-refractivity contribution in [1.29, 1.82) is 0 Å². The molecule has 0 aliphatic carbocycles. The molecule has 0 aromatic heterocycles. The van der Waals surface area contributed by atoms with Crippen LogP contribution in [-0.4, -0.2) is 54.6 Å². The topological polar surface area (TPSA) is 152 Å². The van der Waals surface area contributed by atoms with Gasteiger partial charge in [-0.2, -0.15) is 21.0 Å². The normalized spacial score (nSPS) is 17.5. The van der Waals surface area contributed by atoms with Crippen molar-refractivity contribution in [2.24, 2.45) is 0 Å². The van der Waals surface area contributed by atoms with Crippen molar-refractivity contribution in [3.63, 3.8) is 0 Å². The van der Waals surface area contributed by atoms with Gasteiger partial charge in [0.15, 0.2) is 11.5 Å². The molecular weight excluding hydrogens is 851 g/mol. The fourth-order valence-electron chi connectivity index (χ4n) is 9.32. The molecule has 0 radical (unpaired) electrons. The molecule has 12 nitrogen and oxygen atoms in total. The Labute approximate surface area is 378 Å². The summed E-state index contributed by atoms with van der Waals surface area (Å²) in [5.74, 6) is 0.691. The fraction of sp³-hybridized carbons (Fsp3) is 0.300. The first kappa shape index (κ1) is 43.2. The van der Waals surface area contributed by atoms with Gasteiger partial charge in [-0.3, -0.25) is 23.8 Å². The van der Waals surface area contributed by atoms with E-state index in [2.05, 4.69) is 24.0 Å². The Bertz CT molecular complexity index is 2890. The second kappa shape index (κ2) is 16.8. The van der Waals surface area contributed by atoms with Crippen LogP contribution in [0.2, 0.25) is 0 Å². The average Bonchev–Trinajstić information content (AvgIpc) is 3.75. The van der Waals surface area contributed by atoms with Crippen molar-refractivity contribution in [2.45, 2.75) is 89.3 Å². The van der Waals surface area contributed by atoms with E-state index in [0.29, 0.717) is 63.7 Å². The summed E-state index contributed by atoms with van der Waals surface area (Å²) in [6, 6.07) is 27.0. The van der Waals surface area contributed by atoms with Gasteiger partial charge >= 0.3 is 0 Å². The zero-order chi connectivity index (χ0) is 45.1. The second-order valence-corrected chi connectivity index (χ2v) is 20.2. The summed E-state index contributed by atoms with van der Waals surface area (Å²) in [7, 11) is -3.15. The molecule has 64 heavy (non-hydrogen) atoms. The summed E-state index contributed by atoms with van der Waals surface area (Å²) in [5, 5.41) is 3.02. The Morgan fingerprint density at radius 2 is 1.45 bits per heavy atom. The molecule has 0 saturated carbocycles. The summed E-state index contributed by atoms with van der Waals surface area (Å²) in [6.45, 7) is 5.84. The third kappa shape index (κ3) is 8.49. The van der Waals surface area contributed by atoms with E-state index >= 15 is 0 Å². The van der Waals surface area contributed by atoms with Crippen LogP contribution in [0.5, 0.6) is 17.2 Å². The molecule has 4 heterocycles. The van der Waals surface area contributed by atoms with Crippen LogP contribution in [0.25, 0.3) is 6.08 Å². The van der Waals surface area contributed by atoms with Gasteiger partial charge in [0.2, 0.25) is 5.91 Å². The average molecular weight is 900 g/mol. The van der Waals surface area contributed by atoms with Crippen molar-refractivity contribution in [3.05, 3.63) is 146 Å². The molecule has 0 unspecified atom stereocenters. The molecule has 0 saturated heterocycles. The van der Waals surface area contributed by atoms with E-state index in [1.165, 1.54) is 16.5 Å². The van der Waals surface area contributed by atoms with E-state index in [4.69, 9.17) is 14.2 Å². The highest BCUT2D eigenvalue weighted by Gasteiger charge is 2.43. The molecule has 9 rings (SSSR count). The van der Waals surface area contributed by atoms with Crippen LogP contribution in [0, 0.1) is 6.92 Å². The molecule has 2 N–H and O–H groups in total. The number of aryl methyl sites for hydroxylation is 2. The summed E-state index contributed by atoms with van der Waals surface area (Å²) in [6.07, 6.45) is 4.73. The van der Waals surface area contributed by atoms with E-state index < -0.39 is 16.2 Å². The maximum absolute atomic E-state index is 14.1. The lowest BCUT2D eigenvalue weighted by atomic mass is 9.99. The SMILES string of the molecule is COc1cc2c(cc1OCc1cc(COc3cc4c(cc3C)C(=O)N3c5ccccc5C[C@H]3C(S(=O)(=O)O)=C4)cc(NC(=O)CCC(C)(C)S)c1)CC[C@@H]1Cc3ccccc3N1C2=O. The van der Waals surface area contributed by atoms with E-state index in [9.17, 15) is 27.4 Å². The Kier molecular flexibility index (Phi) is 11.3. The van der Waals surface area contributed by atoms with Crippen LogP contribution < -0.4 is 29.3 Å². The number of hydrogen-bond donors (Lipinski definition) is 3. The third-order valence-electron chi connectivity index (χ3n) is 12.4. The van der Waals surface area contributed by atoms with Gasteiger partial charge < -0.3 is 24.4 Å². The maximum Gasteiger partial charge on any atom is 0.292 e. The lowest BCUT2D eigenvalue weighted by molar-refractivity contribution is -0.116. The van der Waals surface area contributed by atoms with E-state index in [1.54, 1.807) is 44.4 Å². The molecule has 330 valence electrons. The number of fused-ring (bicyclic) bond motifs is 8. The van der Waals surface area contributed by atoms with Crippen LogP contribution in [-0.2, 0) is 47.4 Å². The number of para-hydroxylation sites is 2. The highest BCUT2D eigenvalue weighted by molar-refractivity contribution is 7.90. The molecule has 3 amide bonds. The number of ether oxygens (including phenoxy) is 3. The first-order valence-corrected chi connectivity index (χ1v) is 23.2. The zero-order valence-electron chi connectivity index (χ0n) is 36.0. The molecule has 2 atom stereocenters. The summed E-state index contributed by atoms with van der Waals surface area (Å²) in [5.41, 5.74) is 8.18. The van der Waals surface area contributed by atoms with Gasteiger partial charge in [0.1, 0.15) is 19.0 Å². The van der Waals surface area contributed by atoms with Gasteiger partial charge in [0, 0.05) is 51.8 Å². The molecule has 0 bridgehead atoms. The summed E-state index contributed by atoms with van der Waals surface area (Å²) >= 11 is 4.58. The molecule has 0 fully saturated rings. The minimum absolute atomic E-state index is 0.0377. The highest BCUT2D eigenvalue weighted by Crippen LogP contribution is 2.43. The van der Waals surface area contributed by atoms with E-state index in [-0.39, 0.29) is 65.0 Å². The molecule has 5 aromatic rings. The lowest BCUT2D eigenvalue weighted by Crippen LogP contribution is -2.39. The minimum atomic E-state index is -4.70. The quantitative estimate of drug-likeness (QED) is 0.0824. The molecule has 4 aliphatic rings. The predicted octanol–water partition coefficient (Wildman–Crippen LogP) is 8.92. The third-order valence-corrected chi connectivity index (χ3v) is 13.7. The van der Waals surface area contributed by atoms with Crippen molar-refractivity contribution < 1.29 is 41.6 Å². The van der Waals surface area contributed by atoms with Crippen molar-refractivity contribution in [1.82, 2.24) is 0 Å². The van der Waals surface area contributed by atoms with E-state index in [0.717, 1.165) is 35.2 Å². The van der Waals surface area contributed by atoms with Crippen LogP contribution in [0.15, 0.2) is 95.9 Å². The Morgan fingerprint density at radius 3 is 2.12 bits per heavy atom. The number of rotatable bonds is 12. The van der Waals surface area contributed by atoms with Gasteiger partial charge in [-0.15, -0.1) is 0 Å². The van der Waals surface area contributed by atoms with Crippen molar-refractivity contribution in [2.75, 3.05) is 22.2 Å². The van der Waals surface area contributed by atoms with Crippen LogP contribution in [0.4, 0.5) is 17.1 Å². The smallest absolute Gasteiger partial charge is 0.292 e. The van der Waals surface area contributed by atoms with E-state index in [1.807, 2.05) is 73.3 Å². The molecule has 0 spiro atoms. The predicted molar refractivity (Wildman–Crippen MR) is 250 cm³/mol. The largest absolute Gasteiger partial charge is 0.493 e. The number of benzene rings is 5. The Morgan fingerprint density at radius 1 is 0.812 bits per heavy atom. The number of carbonyl (C=O) groups excluding carboxylic acids is 3. The van der Waals surface area contributed by atoms with Crippen LogP contribution >= 0.6 is 12.6 Å². The fourth-order valence-corrected chi connectivity index (χ4v) is 10.2. The number of amides is 3. The Balaban J connectivity index is 0.990. The number of hydrogen-bond acceptors (Lipinski definition) is 9. The first-order chi connectivity index (χ1) is 30.5. The molecule has 14 heteroatoms. The van der Waals surface area contributed by atoms with Gasteiger partial charge in [-0.1, -0.05) is 50.2 Å². The molecular formula is C50H49N3O9S2. The van der Waals surface area contributed by atoms with Gasteiger partial charge in [0.25, 0.3) is 21.9 Å². The number of thiol groups is 1. The first-order valence-electron chi connectivity index (χ1n) is 21.3. The highest BCUT2D eigenvalue weighted by atomic mass is 32.2. The standard InChI is InChI=1S/C50H49N3O9S2/c1-29-17-38-35(25-46(64(57,58)59)42-22-34-10-6-8-12-41(34)53(42)49(38)56)24-43(29)61-27-30-18-31(20-36(19-30)51-47(54)15-16-50(2,3)63)28-62-45-23-32-13-14-37-21-33-9-5-7-11-40(33)52(37)48(55)39(32)26-44(45)60-4/h5-12,17-20,23-26,37,42,63H,13-16,21-22,27-28H2,1-4H3,(H,51,54)(H,57,58,59)/t37-,42+/m1/s1. The Hall–Kier alpha value is -6.09. The molecule has 4 aliphatic heterocycles. The maximum atomic E-state index is 14.1. The number of methoxy groups -OCH3 is 1. The monoisotopic (exact) mass is 899 g/mol. The van der Waals surface area contributed by atoms with Crippen molar-refractivity contribution in [3.8, 4) is 17.2 Å². The minimum Gasteiger partial charge on any atom is -0.493 e. The van der Waals surface area contributed by atoms with Crippen LogP contribution in [0.1, 0.15) is 92.8 Å². The summed E-state index contributed by atoms with van der Waals surface area (Å²) < 4.78 is 54.4. The van der Waals surface area contributed by atoms with Gasteiger partial charge in [0.05, 0.1) is 18.1 Å². The zero-order valence-corrected chi connectivity index (χ0v) is 37.7. The van der Waals surface area contributed by atoms with Gasteiger partial charge in [-0.25, -0.2) is 0 Å². The lowest BCUT2D eigenvalue weighted by Gasteiger charge is -2.25. The van der Waals surface area contributed by atoms with Crippen molar-refractivity contribution >= 4 is 63.6 Å². The van der Waals surface area contributed by atoms with Gasteiger partial charge in [-0.05, 0) is 132 Å². The number of carbonyl (C=O) groups is 3. The number of anilines is 3. The number of nitrogens with one attached hydrogen (secondary N) is 1. The number of nitrogens with zero attached hydrogens (tertiary/aromatic N) is 2.